The van der Waals surface area contributed by atoms with Gasteiger partial charge in [0.1, 0.15) is 5.82 Å². The Labute approximate surface area is 187 Å². The number of nitrogens with one attached hydrogen (secondary N) is 2. The van der Waals surface area contributed by atoms with Crippen LogP contribution < -0.4 is 25.0 Å². The van der Waals surface area contributed by atoms with Gasteiger partial charge < -0.3 is 25.0 Å². The maximum atomic E-state index is 12.2. The molecule has 2 aromatic carbocycles. The fourth-order valence-corrected chi connectivity index (χ4v) is 3.54. The molecule has 3 aromatic rings. The molecule has 8 nitrogen and oxygen atoms in total. The third kappa shape index (κ3) is 5.46. The Balaban J connectivity index is 1.33. The van der Waals surface area contributed by atoms with Gasteiger partial charge in [0.2, 0.25) is 5.95 Å². The summed E-state index contributed by atoms with van der Waals surface area (Å²) in [6.07, 6.45) is 2.36. The normalized spacial score (nSPS) is 13.0. The van der Waals surface area contributed by atoms with Gasteiger partial charge in [-0.3, -0.25) is 4.79 Å². The summed E-state index contributed by atoms with van der Waals surface area (Å²) in [5.74, 6) is 2.38. The molecule has 32 heavy (non-hydrogen) atoms. The van der Waals surface area contributed by atoms with Crippen molar-refractivity contribution in [1.82, 2.24) is 9.97 Å². The van der Waals surface area contributed by atoms with Crippen LogP contribution in [0.2, 0.25) is 0 Å². The van der Waals surface area contributed by atoms with Crippen molar-refractivity contribution in [3.05, 3.63) is 60.3 Å². The molecule has 0 radical (unpaired) electrons. The number of ether oxygens (including phenoxy) is 2. The third-order valence-electron chi connectivity index (χ3n) is 5.10. The molecule has 8 heteroatoms. The molecule has 166 valence electrons. The van der Waals surface area contributed by atoms with E-state index >= 15 is 0 Å². The summed E-state index contributed by atoms with van der Waals surface area (Å²) in [6, 6.07) is 16.6. The number of methoxy groups -OCH3 is 1. The van der Waals surface area contributed by atoms with Crippen molar-refractivity contribution in [2.75, 3.05) is 42.3 Å². The van der Waals surface area contributed by atoms with Gasteiger partial charge >= 0.3 is 0 Å². The Hall–Kier alpha value is -3.81. The van der Waals surface area contributed by atoms with Gasteiger partial charge in [-0.05, 0) is 56.2 Å². The summed E-state index contributed by atoms with van der Waals surface area (Å²) >= 11 is 0. The molecule has 0 atom stereocenters. The highest BCUT2D eigenvalue weighted by atomic mass is 16.5. The quantitative estimate of drug-likeness (QED) is 0.552. The average molecular weight is 434 g/mol. The van der Waals surface area contributed by atoms with Crippen LogP contribution in [0, 0.1) is 6.92 Å². The zero-order valence-electron chi connectivity index (χ0n) is 18.3. The van der Waals surface area contributed by atoms with E-state index < -0.39 is 0 Å². The number of rotatable bonds is 8. The Morgan fingerprint density at radius 2 is 1.69 bits per heavy atom. The topological polar surface area (TPSA) is 88.6 Å². The van der Waals surface area contributed by atoms with Gasteiger partial charge in [-0.2, -0.15) is 4.98 Å². The van der Waals surface area contributed by atoms with Gasteiger partial charge in [-0.25, -0.2) is 4.98 Å². The lowest BCUT2D eigenvalue weighted by Crippen LogP contribution is -2.21. The van der Waals surface area contributed by atoms with Gasteiger partial charge in [0.05, 0.1) is 7.11 Å². The Kier molecular flexibility index (Phi) is 6.69. The van der Waals surface area contributed by atoms with Crippen LogP contribution in [0.1, 0.15) is 18.5 Å². The van der Waals surface area contributed by atoms with Crippen molar-refractivity contribution in [2.24, 2.45) is 0 Å². The van der Waals surface area contributed by atoms with Crippen LogP contribution in [-0.4, -0.2) is 42.7 Å². The van der Waals surface area contributed by atoms with Gasteiger partial charge in [-0.1, -0.05) is 12.1 Å². The van der Waals surface area contributed by atoms with Crippen molar-refractivity contribution in [2.45, 2.75) is 19.8 Å². The summed E-state index contributed by atoms with van der Waals surface area (Å²) in [7, 11) is 1.56. The van der Waals surface area contributed by atoms with Crippen molar-refractivity contribution in [3.8, 4) is 11.5 Å². The number of carbonyl (C=O) groups is 1. The van der Waals surface area contributed by atoms with Crippen LogP contribution in [0.25, 0.3) is 0 Å². The van der Waals surface area contributed by atoms with E-state index in [-0.39, 0.29) is 12.5 Å². The van der Waals surface area contributed by atoms with Crippen molar-refractivity contribution in [1.29, 1.82) is 0 Å². The average Bonchev–Trinajstić information content (AvgIpc) is 3.34. The Bertz CT molecular complexity index is 1070. The van der Waals surface area contributed by atoms with Crippen molar-refractivity contribution in [3.63, 3.8) is 0 Å². The zero-order chi connectivity index (χ0) is 22.3. The number of hydrogen-bond donors (Lipinski definition) is 2. The molecule has 0 spiro atoms. The molecule has 4 rings (SSSR count). The molecule has 0 bridgehead atoms. The number of benzene rings is 2. The standard InChI is InChI=1S/C24H27N5O3/c1-17-15-22(28-24(25-17)29-13-5-6-14-29)26-18-9-11-19(12-10-18)27-23(30)16-32-21-8-4-3-7-20(21)31-2/h3-4,7-12,15H,5-6,13-14,16H2,1-2H3,(H,27,30)(H,25,26,28). The molecule has 0 aliphatic carbocycles. The summed E-state index contributed by atoms with van der Waals surface area (Å²) in [6.45, 7) is 3.86. The molecule has 2 N–H and O–H groups in total. The van der Waals surface area contributed by atoms with E-state index in [0.717, 1.165) is 36.2 Å². The maximum absolute atomic E-state index is 12.2. The highest BCUT2D eigenvalue weighted by molar-refractivity contribution is 5.92. The number of carbonyl (C=O) groups excluding carboxylic acids is 1. The van der Waals surface area contributed by atoms with Crippen LogP contribution in [0.4, 0.5) is 23.1 Å². The number of anilines is 4. The lowest BCUT2D eigenvalue weighted by Gasteiger charge is -2.17. The second kappa shape index (κ2) is 10.00. The molecular formula is C24H27N5O3. The lowest BCUT2D eigenvalue weighted by molar-refractivity contribution is -0.118. The largest absolute Gasteiger partial charge is 0.493 e. The van der Waals surface area contributed by atoms with E-state index in [1.165, 1.54) is 12.8 Å². The van der Waals surface area contributed by atoms with E-state index in [9.17, 15) is 4.79 Å². The van der Waals surface area contributed by atoms with Crippen molar-refractivity contribution < 1.29 is 14.3 Å². The van der Waals surface area contributed by atoms with E-state index in [1.54, 1.807) is 19.2 Å². The maximum Gasteiger partial charge on any atom is 0.262 e. The molecule has 1 amide bonds. The van der Waals surface area contributed by atoms with Gasteiger partial charge in [0.15, 0.2) is 18.1 Å². The predicted octanol–water partition coefficient (Wildman–Crippen LogP) is 4.15. The van der Waals surface area contributed by atoms with Crippen molar-refractivity contribution >= 4 is 29.0 Å². The first-order valence-electron chi connectivity index (χ1n) is 10.6. The van der Waals surface area contributed by atoms with Crippen LogP contribution in [-0.2, 0) is 4.79 Å². The molecule has 1 saturated heterocycles. The van der Waals surface area contributed by atoms with E-state index in [2.05, 4.69) is 25.5 Å². The fraction of sp³-hybridized carbons (Fsp3) is 0.292. The minimum Gasteiger partial charge on any atom is -0.493 e. The molecule has 0 unspecified atom stereocenters. The first kappa shape index (κ1) is 21.4. The molecule has 1 aromatic heterocycles. The summed E-state index contributed by atoms with van der Waals surface area (Å²) in [4.78, 5) is 23.7. The Morgan fingerprint density at radius 3 is 2.41 bits per heavy atom. The molecular weight excluding hydrogens is 406 g/mol. The van der Waals surface area contributed by atoms with Gasteiger partial charge in [0, 0.05) is 36.2 Å². The minimum atomic E-state index is -0.252. The summed E-state index contributed by atoms with van der Waals surface area (Å²) < 4.78 is 10.8. The number of aromatic nitrogens is 2. The molecule has 0 saturated carbocycles. The van der Waals surface area contributed by atoms with E-state index in [0.29, 0.717) is 17.2 Å². The molecule has 2 heterocycles. The number of aryl methyl sites for hydroxylation is 1. The highest BCUT2D eigenvalue weighted by Crippen LogP contribution is 2.26. The minimum absolute atomic E-state index is 0.111. The predicted molar refractivity (Wildman–Crippen MR) is 125 cm³/mol. The highest BCUT2D eigenvalue weighted by Gasteiger charge is 2.16. The number of amides is 1. The molecule has 1 aliphatic heterocycles. The summed E-state index contributed by atoms with van der Waals surface area (Å²) in [5, 5.41) is 6.15. The second-order valence-corrected chi connectivity index (χ2v) is 7.58. The first-order valence-corrected chi connectivity index (χ1v) is 10.6. The number of hydrogen-bond acceptors (Lipinski definition) is 7. The summed E-state index contributed by atoms with van der Waals surface area (Å²) in [5.41, 5.74) is 2.47. The number of para-hydroxylation sites is 2. The zero-order valence-corrected chi connectivity index (χ0v) is 18.3. The first-order chi connectivity index (χ1) is 15.6. The fourth-order valence-electron chi connectivity index (χ4n) is 3.54. The SMILES string of the molecule is COc1ccccc1OCC(=O)Nc1ccc(Nc2cc(C)nc(N3CCCC3)n2)cc1. The Morgan fingerprint density at radius 1 is 1.00 bits per heavy atom. The number of nitrogens with zero attached hydrogens (tertiary/aromatic N) is 3. The van der Waals surface area contributed by atoms with E-state index in [1.807, 2.05) is 49.4 Å². The lowest BCUT2D eigenvalue weighted by atomic mass is 10.2. The van der Waals surface area contributed by atoms with Gasteiger partial charge in [0.25, 0.3) is 5.91 Å². The second-order valence-electron chi connectivity index (χ2n) is 7.58. The molecule has 1 fully saturated rings. The van der Waals surface area contributed by atoms with Gasteiger partial charge in [-0.15, -0.1) is 0 Å². The van der Waals surface area contributed by atoms with Crippen LogP contribution in [0.3, 0.4) is 0 Å². The molecule has 1 aliphatic rings. The van der Waals surface area contributed by atoms with Crippen LogP contribution in [0.15, 0.2) is 54.6 Å². The third-order valence-corrected chi connectivity index (χ3v) is 5.10. The van der Waals surface area contributed by atoms with Crippen LogP contribution >= 0.6 is 0 Å². The smallest absolute Gasteiger partial charge is 0.262 e. The van der Waals surface area contributed by atoms with Crippen LogP contribution in [0.5, 0.6) is 11.5 Å². The monoisotopic (exact) mass is 433 g/mol. The van der Waals surface area contributed by atoms with E-state index in [4.69, 9.17) is 9.47 Å².